The molecule has 0 heterocycles. The molecule has 0 spiro atoms. The SMILES string of the molecule is C=C=C(c1ccc(OC)cc1)N(CCC)S(=O)(=O)c1ccc(C)cc1. The van der Waals surface area contributed by atoms with Gasteiger partial charge in [0.15, 0.2) is 0 Å². The molecule has 2 aromatic rings. The second-order valence-corrected chi connectivity index (χ2v) is 7.51. The third-order valence-corrected chi connectivity index (χ3v) is 5.63. The Morgan fingerprint density at radius 3 is 2.20 bits per heavy atom. The van der Waals surface area contributed by atoms with Crippen LogP contribution in [0.3, 0.4) is 0 Å². The number of rotatable bonds is 7. The van der Waals surface area contributed by atoms with E-state index in [1.807, 2.05) is 13.8 Å². The van der Waals surface area contributed by atoms with Gasteiger partial charge >= 0.3 is 0 Å². The molecule has 0 aromatic heterocycles. The maximum Gasteiger partial charge on any atom is 0.264 e. The third kappa shape index (κ3) is 4.13. The average molecular weight is 357 g/mol. The number of hydrogen-bond donors (Lipinski definition) is 0. The van der Waals surface area contributed by atoms with Gasteiger partial charge in [-0.2, -0.15) is 0 Å². The summed E-state index contributed by atoms with van der Waals surface area (Å²) in [6, 6.07) is 14.0. The monoisotopic (exact) mass is 357 g/mol. The Bertz CT molecular complexity index is 862. The van der Waals surface area contributed by atoms with Gasteiger partial charge in [0.05, 0.1) is 12.0 Å². The molecule has 0 aliphatic rings. The van der Waals surface area contributed by atoms with E-state index in [1.165, 1.54) is 4.31 Å². The molecule has 0 unspecified atom stereocenters. The number of benzene rings is 2. The molecular formula is C20H23NO3S. The normalized spacial score (nSPS) is 10.8. The molecular weight excluding hydrogens is 334 g/mol. The van der Waals surface area contributed by atoms with Crippen LogP contribution >= 0.6 is 0 Å². The van der Waals surface area contributed by atoms with E-state index < -0.39 is 10.0 Å². The number of hydrogen-bond acceptors (Lipinski definition) is 3. The zero-order valence-corrected chi connectivity index (χ0v) is 15.6. The highest BCUT2D eigenvalue weighted by molar-refractivity contribution is 7.89. The minimum absolute atomic E-state index is 0.257. The quantitative estimate of drug-likeness (QED) is 0.697. The summed E-state index contributed by atoms with van der Waals surface area (Å²) in [5.41, 5.74) is 4.97. The Labute approximate surface area is 150 Å². The van der Waals surface area contributed by atoms with E-state index in [4.69, 9.17) is 4.74 Å². The van der Waals surface area contributed by atoms with Gasteiger partial charge in [0.1, 0.15) is 11.4 Å². The summed E-state index contributed by atoms with van der Waals surface area (Å²) in [5.74, 6) is 0.704. The lowest BCUT2D eigenvalue weighted by Gasteiger charge is -2.25. The lowest BCUT2D eigenvalue weighted by Crippen LogP contribution is -2.30. The number of nitrogens with zero attached hydrogens (tertiary/aromatic N) is 1. The maximum atomic E-state index is 13.1. The molecule has 2 aromatic carbocycles. The van der Waals surface area contributed by atoms with Crippen molar-refractivity contribution in [1.82, 2.24) is 4.31 Å². The Kier molecular flexibility index (Phi) is 6.07. The van der Waals surface area contributed by atoms with E-state index in [1.54, 1.807) is 55.6 Å². The highest BCUT2D eigenvalue weighted by atomic mass is 32.2. The van der Waals surface area contributed by atoms with E-state index in [0.717, 1.165) is 11.1 Å². The largest absolute Gasteiger partial charge is 0.497 e. The summed E-state index contributed by atoms with van der Waals surface area (Å²) in [4.78, 5) is 0.257. The Morgan fingerprint density at radius 1 is 1.12 bits per heavy atom. The van der Waals surface area contributed by atoms with Crippen LogP contribution in [-0.4, -0.2) is 26.4 Å². The van der Waals surface area contributed by atoms with E-state index in [9.17, 15) is 8.42 Å². The van der Waals surface area contributed by atoms with Crippen molar-refractivity contribution < 1.29 is 13.2 Å². The molecule has 0 N–H and O–H groups in total. The fourth-order valence-electron chi connectivity index (χ4n) is 2.48. The zero-order valence-electron chi connectivity index (χ0n) is 14.8. The molecule has 2 rings (SSSR count). The first-order chi connectivity index (χ1) is 11.9. The summed E-state index contributed by atoms with van der Waals surface area (Å²) >= 11 is 0. The van der Waals surface area contributed by atoms with Crippen LogP contribution in [0.5, 0.6) is 5.75 Å². The van der Waals surface area contributed by atoms with Gasteiger partial charge in [-0.15, -0.1) is 5.73 Å². The Balaban J connectivity index is 2.50. The summed E-state index contributed by atoms with van der Waals surface area (Å²) < 4.78 is 32.8. The molecule has 0 aliphatic carbocycles. The van der Waals surface area contributed by atoms with E-state index in [-0.39, 0.29) is 4.90 Å². The summed E-state index contributed by atoms with van der Waals surface area (Å²) in [7, 11) is -2.10. The van der Waals surface area contributed by atoms with Gasteiger partial charge in [0.2, 0.25) is 0 Å². The third-order valence-electron chi connectivity index (χ3n) is 3.82. The van der Waals surface area contributed by atoms with E-state index in [0.29, 0.717) is 24.4 Å². The smallest absolute Gasteiger partial charge is 0.264 e. The van der Waals surface area contributed by atoms with Crippen molar-refractivity contribution in [1.29, 1.82) is 0 Å². The molecule has 4 nitrogen and oxygen atoms in total. The molecule has 0 fully saturated rings. The first kappa shape index (κ1) is 18.8. The van der Waals surface area contributed by atoms with Crippen LogP contribution in [0.4, 0.5) is 0 Å². The lowest BCUT2D eigenvalue weighted by atomic mass is 10.1. The zero-order chi connectivity index (χ0) is 18.4. The second kappa shape index (κ2) is 8.06. The van der Waals surface area contributed by atoms with Crippen molar-refractivity contribution in [2.75, 3.05) is 13.7 Å². The molecule has 0 saturated carbocycles. The van der Waals surface area contributed by atoms with Gasteiger partial charge in [-0.25, -0.2) is 8.42 Å². The predicted molar refractivity (Wildman–Crippen MR) is 101 cm³/mol. The molecule has 5 heteroatoms. The van der Waals surface area contributed by atoms with Crippen LogP contribution in [0.2, 0.25) is 0 Å². The summed E-state index contributed by atoms with van der Waals surface area (Å²) in [6.45, 7) is 7.91. The second-order valence-electron chi connectivity index (χ2n) is 5.64. The van der Waals surface area contributed by atoms with Crippen LogP contribution in [-0.2, 0) is 10.0 Å². The van der Waals surface area contributed by atoms with Crippen molar-refractivity contribution >= 4 is 15.7 Å². The number of sulfonamides is 1. The van der Waals surface area contributed by atoms with Gasteiger partial charge < -0.3 is 4.74 Å². The van der Waals surface area contributed by atoms with Crippen LogP contribution < -0.4 is 4.74 Å². The van der Waals surface area contributed by atoms with E-state index in [2.05, 4.69) is 12.3 Å². The molecule has 0 radical (unpaired) electrons. The number of aryl methyl sites for hydroxylation is 1. The minimum atomic E-state index is -3.69. The fourth-order valence-corrected chi connectivity index (χ4v) is 4.04. The molecule has 0 amide bonds. The number of ether oxygens (including phenoxy) is 1. The summed E-state index contributed by atoms with van der Waals surface area (Å²) in [6.07, 6.45) is 0.673. The van der Waals surface area contributed by atoms with Crippen LogP contribution in [0.15, 0.2) is 65.7 Å². The molecule has 25 heavy (non-hydrogen) atoms. The summed E-state index contributed by atoms with van der Waals surface area (Å²) in [5, 5.41) is 0. The van der Waals surface area contributed by atoms with Crippen molar-refractivity contribution in [2.45, 2.75) is 25.2 Å². The van der Waals surface area contributed by atoms with Gasteiger partial charge in [0.25, 0.3) is 10.0 Å². The molecule has 0 bridgehead atoms. The van der Waals surface area contributed by atoms with Crippen molar-refractivity contribution in [2.24, 2.45) is 0 Å². The lowest BCUT2D eigenvalue weighted by molar-refractivity contribution is 0.414. The first-order valence-corrected chi connectivity index (χ1v) is 9.52. The van der Waals surface area contributed by atoms with Crippen LogP contribution in [0.1, 0.15) is 24.5 Å². The van der Waals surface area contributed by atoms with Crippen LogP contribution in [0.25, 0.3) is 5.70 Å². The van der Waals surface area contributed by atoms with Gasteiger partial charge in [-0.05, 0) is 49.7 Å². The number of methoxy groups -OCH3 is 1. The van der Waals surface area contributed by atoms with Gasteiger partial charge in [-0.1, -0.05) is 31.2 Å². The Hall–Kier alpha value is -2.49. The predicted octanol–water partition coefficient (Wildman–Crippen LogP) is 4.23. The minimum Gasteiger partial charge on any atom is -0.497 e. The van der Waals surface area contributed by atoms with Crippen molar-refractivity contribution in [3.05, 3.63) is 72.0 Å². The van der Waals surface area contributed by atoms with Gasteiger partial charge in [-0.3, -0.25) is 4.31 Å². The molecule has 0 aliphatic heterocycles. The molecule has 0 atom stereocenters. The van der Waals surface area contributed by atoms with Crippen molar-refractivity contribution in [3.8, 4) is 5.75 Å². The van der Waals surface area contributed by atoms with Crippen LogP contribution in [0, 0.1) is 6.92 Å². The first-order valence-electron chi connectivity index (χ1n) is 8.08. The highest BCUT2D eigenvalue weighted by Gasteiger charge is 2.26. The fraction of sp³-hybridized carbons (Fsp3) is 0.250. The molecule has 132 valence electrons. The van der Waals surface area contributed by atoms with E-state index >= 15 is 0 Å². The van der Waals surface area contributed by atoms with Gasteiger partial charge in [0, 0.05) is 12.1 Å². The topological polar surface area (TPSA) is 46.6 Å². The Morgan fingerprint density at radius 2 is 1.72 bits per heavy atom. The maximum absolute atomic E-state index is 13.1. The molecule has 0 saturated heterocycles. The van der Waals surface area contributed by atoms with Crippen molar-refractivity contribution in [3.63, 3.8) is 0 Å². The standard InChI is InChI=1S/C20H23NO3S/c1-5-15-21(25(22,23)19-13-7-16(3)8-14-19)20(6-2)17-9-11-18(24-4)12-10-17/h7-14H,2,5,15H2,1,3-4H3. The highest BCUT2D eigenvalue weighted by Crippen LogP contribution is 2.27. The average Bonchev–Trinajstić information content (AvgIpc) is 2.62.